The predicted molar refractivity (Wildman–Crippen MR) is 128 cm³/mol. The summed E-state index contributed by atoms with van der Waals surface area (Å²) in [4.78, 5) is 20.3. The minimum absolute atomic E-state index is 0.180. The van der Waals surface area contributed by atoms with Crippen molar-refractivity contribution in [3.05, 3.63) is 76.4 Å². The van der Waals surface area contributed by atoms with Crippen molar-refractivity contribution in [2.24, 2.45) is 11.8 Å². The van der Waals surface area contributed by atoms with E-state index in [2.05, 4.69) is 35.9 Å². The summed E-state index contributed by atoms with van der Waals surface area (Å²) in [6.45, 7) is 6.54. The van der Waals surface area contributed by atoms with Gasteiger partial charge in [0.2, 0.25) is 0 Å². The number of carbonyl (C=O) groups excluding carboxylic acids is 1. The first-order chi connectivity index (χ1) is 15.5. The second kappa shape index (κ2) is 8.84. The highest BCUT2D eigenvalue weighted by atomic mass is 35.5. The molecular formula is C27H29ClN2O2. The third-order valence-electron chi connectivity index (χ3n) is 7.36. The van der Waals surface area contributed by atoms with Gasteiger partial charge in [0.25, 0.3) is 0 Å². The van der Waals surface area contributed by atoms with E-state index in [9.17, 15) is 4.79 Å². The number of hydrogen-bond acceptors (Lipinski definition) is 4. The molecule has 4 heterocycles. The Bertz CT molecular complexity index is 1130. The summed E-state index contributed by atoms with van der Waals surface area (Å²) < 4.78 is 6.32. The van der Waals surface area contributed by atoms with E-state index in [4.69, 9.17) is 16.3 Å². The van der Waals surface area contributed by atoms with Crippen molar-refractivity contribution in [1.29, 1.82) is 0 Å². The number of rotatable bonds is 5. The van der Waals surface area contributed by atoms with Crippen LogP contribution in [0.4, 0.5) is 0 Å². The zero-order chi connectivity index (χ0) is 22.2. The first-order valence-corrected chi connectivity index (χ1v) is 12.0. The fourth-order valence-corrected chi connectivity index (χ4v) is 5.73. The number of ether oxygens (including phenoxy) is 1. The third-order valence-corrected chi connectivity index (χ3v) is 7.61. The van der Waals surface area contributed by atoms with Crippen molar-refractivity contribution in [1.82, 2.24) is 9.88 Å². The van der Waals surface area contributed by atoms with Crippen LogP contribution in [0.25, 0.3) is 10.9 Å². The van der Waals surface area contributed by atoms with Gasteiger partial charge >= 0.3 is 5.97 Å². The Morgan fingerprint density at radius 2 is 2.03 bits per heavy atom. The fraction of sp³-hybridized carbons (Fsp3) is 0.407. The number of pyridine rings is 1. The minimum Gasteiger partial charge on any atom is -0.452 e. The molecule has 2 aromatic carbocycles. The molecular weight excluding hydrogens is 420 g/mol. The van der Waals surface area contributed by atoms with Gasteiger partial charge in [-0.1, -0.05) is 36.6 Å². The molecule has 5 heteroatoms. The SMILES string of the molecule is CCC1CN2CCC1C[C@@H]2[C@@H](OC(=O)c1ccc(Cl)cc1)c1ccnc2ccc(C)cc12. The summed E-state index contributed by atoms with van der Waals surface area (Å²) >= 11 is 6.02. The van der Waals surface area contributed by atoms with Crippen LogP contribution in [0.1, 0.15) is 53.8 Å². The number of halogens is 1. The number of aromatic nitrogens is 1. The van der Waals surface area contributed by atoms with Gasteiger partial charge in [-0.3, -0.25) is 9.88 Å². The van der Waals surface area contributed by atoms with Gasteiger partial charge in [0.05, 0.1) is 17.1 Å². The Hall–Kier alpha value is -2.43. The number of carbonyl (C=O) groups is 1. The predicted octanol–water partition coefficient (Wildman–Crippen LogP) is 6.22. The molecule has 3 aliphatic heterocycles. The first kappa shape index (κ1) is 21.4. The van der Waals surface area contributed by atoms with Crippen LogP contribution in [0.5, 0.6) is 0 Å². The normalized spacial score (nSPS) is 25.6. The Kier molecular flexibility index (Phi) is 5.92. The molecule has 3 aliphatic rings. The van der Waals surface area contributed by atoms with E-state index >= 15 is 0 Å². The van der Waals surface area contributed by atoms with Gasteiger partial charge in [0, 0.05) is 28.7 Å². The number of hydrogen-bond donors (Lipinski definition) is 0. The van der Waals surface area contributed by atoms with Crippen LogP contribution in [0.3, 0.4) is 0 Å². The molecule has 0 saturated carbocycles. The van der Waals surface area contributed by atoms with Gasteiger partial charge in [-0.15, -0.1) is 0 Å². The largest absolute Gasteiger partial charge is 0.452 e. The molecule has 32 heavy (non-hydrogen) atoms. The van der Waals surface area contributed by atoms with E-state index < -0.39 is 0 Å². The second-order valence-electron chi connectivity index (χ2n) is 9.27. The van der Waals surface area contributed by atoms with Crippen molar-refractivity contribution in [2.75, 3.05) is 13.1 Å². The quantitative estimate of drug-likeness (QED) is 0.435. The van der Waals surface area contributed by atoms with Crippen LogP contribution in [0.15, 0.2) is 54.7 Å². The average Bonchev–Trinajstić information content (AvgIpc) is 2.82. The lowest BCUT2D eigenvalue weighted by molar-refractivity contribution is -0.0659. The standard InChI is InChI=1S/C27H29ClN2O2/c1-3-18-16-30-13-11-20(18)15-25(30)26(32-27(31)19-5-7-21(28)8-6-19)22-10-12-29-24-9-4-17(2)14-23(22)24/h4-10,12,14,18,20,25-26H,3,11,13,15-16H2,1-2H3/t18?,20?,25-,26+/m1/s1. The molecule has 0 aliphatic carbocycles. The highest BCUT2D eigenvalue weighted by molar-refractivity contribution is 6.30. The molecule has 6 rings (SSSR count). The van der Waals surface area contributed by atoms with E-state index in [1.54, 1.807) is 24.3 Å². The van der Waals surface area contributed by atoms with Crippen molar-refractivity contribution in [2.45, 2.75) is 45.3 Å². The molecule has 3 saturated heterocycles. The molecule has 3 aromatic rings. The van der Waals surface area contributed by atoms with Crippen LogP contribution in [0.2, 0.25) is 5.02 Å². The van der Waals surface area contributed by atoms with Crippen LogP contribution >= 0.6 is 11.6 Å². The Labute approximate surface area is 194 Å². The van der Waals surface area contributed by atoms with Crippen LogP contribution in [0, 0.1) is 18.8 Å². The van der Waals surface area contributed by atoms with Crippen molar-refractivity contribution >= 4 is 28.5 Å². The third kappa shape index (κ3) is 4.02. The molecule has 4 nitrogen and oxygen atoms in total. The Balaban J connectivity index is 1.55. The second-order valence-corrected chi connectivity index (χ2v) is 9.71. The lowest BCUT2D eigenvalue weighted by atomic mass is 9.72. The summed E-state index contributed by atoms with van der Waals surface area (Å²) in [6.07, 6.45) is 5.00. The molecule has 1 aromatic heterocycles. The first-order valence-electron chi connectivity index (χ1n) is 11.6. The van der Waals surface area contributed by atoms with Crippen molar-refractivity contribution < 1.29 is 9.53 Å². The topological polar surface area (TPSA) is 42.4 Å². The molecule has 5 atom stereocenters. The molecule has 0 spiro atoms. The van der Waals surface area contributed by atoms with Gasteiger partial charge in [0.15, 0.2) is 0 Å². The van der Waals surface area contributed by atoms with Gasteiger partial charge in [-0.05, 0) is 80.6 Å². The molecule has 3 unspecified atom stereocenters. The summed E-state index contributed by atoms with van der Waals surface area (Å²) in [5, 5.41) is 1.67. The maximum atomic E-state index is 13.2. The molecule has 0 N–H and O–H groups in total. The molecule has 3 fully saturated rings. The molecule has 0 amide bonds. The Morgan fingerprint density at radius 1 is 1.22 bits per heavy atom. The zero-order valence-corrected chi connectivity index (χ0v) is 19.4. The maximum Gasteiger partial charge on any atom is 0.338 e. The van der Waals surface area contributed by atoms with Crippen LogP contribution < -0.4 is 0 Å². The Morgan fingerprint density at radius 3 is 2.75 bits per heavy atom. The number of nitrogens with zero attached hydrogens (tertiary/aromatic N) is 2. The number of fused-ring (bicyclic) bond motifs is 4. The lowest BCUT2D eigenvalue weighted by Crippen LogP contribution is -2.55. The van der Waals surface area contributed by atoms with Gasteiger partial charge < -0.3 is 4.74 Å². The van der Waals surface area contributed by atoms with Gasteiger partial charge in [-0.2, -0.15) is 0 Å². The van der Waals surface area contributed by atoms with Crippen LogP contribution in [-0.4, -0.2) is 35.0 Å². The van der Waals surface area contributed by atoms with Gasteiger partial charge in [-0.25, -0.2) is 4.79 Å². The lowest BCUT2D eigenvalue weighted by Gasteiger charge is -2.51. The van der Waals surface area contributed by atoms with Crippen molar-refractivity contribution in [3.8, 4) is 0 Å². The molecule has 2 bridgehead atoms. The smallest absolute Gasteiger partial charge is 0.338 e. The maximum absolute atomic E-state index is 13.2. The van der Waals surface area contributed by atoms with E-state index in [1.807, 2.05) is 18.3 Å². The average molecular weight is 449 g/mol. The number of benzene rings is 2. The summed E-state index contributed by atoms with van der Waals surface area (Å²) in [6, 6.07) is 15.4. The van der Waals surface area contributed by atoms with E-state index in [1.165, 1.54) is 18.4 Å². The number of piperidine rings is 3. The molecule has 166 valence electrons. The zero-order valence-electron chi connectivity index (χ0n) is 18.6. The minimum atomic E-state index is -0.342. The van der Waals surface area contributed by atoms with Crippen LogP contribution in [-0.2, 0) is 4.74 Å². The monoisotopic (exact) mass is 448 g/mol. The van der Waals surface area contributed by atoms with Gasteiger partial charge in [0.1, 0.15) is 6.10 Å². The summed E-state index contributed by atoms with van der Waals surface area (Å²) in [5.41, 5.74) is 3.68. The van der Waals surface area contributed by atoms with E-state index in [0.717, 1.165) is 41.9 Å². The number of aryl methyl sites for hydroxylation is 1. The molecule has 0 radical (unpaired) electrons. The van der Waals surface area contributed by atoms with E-state index in [-0.39, 0.29) is 18.1 Å². The highest BCUT2D eigenvalue weighted by Gasteiger charge is 2.44. The van der Waals surface area contributed by atoms with Crippen molar-refractivity contribution in [3.63, 3.8) is 0 Å². The summed E-state index contributed by atoms with van der Waals surface area (Å²) in [5.74, 6) is 1.13. The summed E-state index contributed by atoms with van der Waals surface area (Å²) in [7, 11) is 0. The highest BCUT2D eigenvalue weighted by Crippen LogP contribution is 2.44. The number of esters is 1. The fourth-order valence-electron chi connectivity index (χ4n) is 5.61. The van der Waals surface area contributed by atoms with E-state index in [0.29, 0.717) is 16.5 Å².